The van der Waals surface area contributed by atoms with Gasteiger partial charge >= 0.3 is 0 Å². The lowest BCUT2D eigenvalue weighted by Gasteiger charge is -2.13. The van der Waals surface area contributed by atoms with Crippen LogP contribution in [0.25, 0.3) is 0 Å². The minimum Gasteiger partial charge on any atom is -0.327 e. The predicted octanol–water partition coefficient (Wildman–Crippen LogP) is 3.33. The highest BCUT2D eigenvalue weighted by atomic mass is 35.5. The molecule has 2 rings (SSSR count). The van der Waals surface area contributed by atoms with Crippen molar-refractivity contribution in [3.05, 3.63) is 51.6 Å². The molecule has 1 aromatic carbocycles. The molecule has 0 aliphatic rings. The summed E-state index contributed by atoms with van der Waals surface area (Å²) in [4.78, 5) is 0. The van der Waals surface area contributed by atoms with Crippen LogP contribution in [0.4, 0.5) is 4.39 Å². The molecule has 21 heavy (non-hydrogen) atoms. The molecule has 0 radical (unpaired) electrons. The van der Waals surface area contributed by atoms with Gasteiger partial charge < -0.3 is 5.73 Å². The summed E-state index contributed by atoms with van der Waals surface area (Å²) in [6, 6.07) is 4.45. The minimum atomic E-state index is -0.320. The third kappa shape index (κ3) is 3.83. The van der Waals surface area contributed by atoms with Crippen LogP contribution < -0.4 is 5.73 Å². The van der Waals surface area contributed by atoms with Crippen LogP contribution in [0.5, 0.6) is 0 Å². The second-order valence-electron chi connectivity index (χ2n) is 5.51. The Kier molecular flexibility index (Phi) is 5.01. The summed E-state index contributed by atoms with van der Waals surface area (Å²) < 4.78 is 14.9. The highest BCUT2D eigenvalue weighted by Gasteiger charge is 2.13. The van der Waals surface area contributed by atoms with Gasteiger partial charge in [-0.15, -0.1) is 0 Å². The van der Waals surface area contributed by atoms with Crippen LogP contribution >= 0.6 is 11.6 Å². The first-order valence-corrected chi connectivity index (χ1v) is 7.45. The number of nitrogens with zero attached hydrogens (tertiary/aromatic N) is 2. The minimum absolute atomic E-state index is 0.00744. The lowest BCUT2D eigenvalue weighted by atomic mass is 9.99. The zero-order valence-electron chi connectivity index (χ0n) is 12.7. The third-order valence-electron chi connectivity index (χ3n) is 3.92. The van der Waals surface area contributed by atoms with E-state index in [4.69, 9.17) is 17.3 Å². The molecule has 0 fully saturated rings. The van der Waals surface area contributed by atoms with E-state index in [9.17, 15) is 4.39 Å². The van der Waals surface area contributed by atoms with Crippen molar-refractivity contribution in [2.75, 3.05) is 0 Å². The predicted molar refractivity (Wildman–Crippen MR) is 84.1 cm³/mol. The molecule has 114 valence electrons. The van der Waals surface area contributed by atoms with Gasteiger partial charge in [-0.25, -0.2) is 4.39 Å². The third-order valence-corrected chi connectivity index (χ3v) is 4.27. The Morgan fingerprint density at radius 3 is 2.67 bits per heavy atom. The Morgan fingerprint density at radius 2 is 2.10 bits per heavy atom. The van der Waals surface area contributed by atoms with Gasteiger partial charge in [0.1, 0.15) is 5.82 Å². The van der Waals surface area contributed by atoms with E-state index < -0.39 is 0 Å². The highest BCUT2D eigenvalue weighted by molar-refractivity contribution is 6.31. The molecule has 0 aliphatic heterocycles. The molecule has 3 nitrogen and oxygen atoms in total. The van der Waals surface area contributed by atoms with E-state index in [0.717, 1.165) is 24.1 Å². The normalized spacial score (nSPS) is 12.7. The Labute approximate surface area is 129 Å². The lowest BCUT2D eigenvalue weighted by Crippen LogP contribution is -2.24. The zero-order chi connectivity index (χ0) is 15.6. The maximum absolute atomic E-state index is 13.0. The number of nitrogens with two attached hydrogens (primary N) is 1. The molecule has 0 aliphatic carbocycles. The molecule has 0 bridgehead atoms. The van der Waals surface area contributed by atoms with Crippen LogP contribution in [0.15, 0.2) is 18.2 Å². The molecule has 2 N–H and O–H groups in total. The Morgan fingerprint density at radius 1 is 1.38 bits per heavy atom. The van der Waals surface area contributed by atoms with Gasteiger partial charge in [0.2, 0.25) is 0 Å². The van der Waals surface area contributed by atoms with Crippen molar-refractivity contribution >= 4 is 11.6 Å². The van der Waals surface area contributed by atoms with Crippen LogP contribution in [0, 0.1) is 19.7 Å². The number of halogens is 2. The fourth-order valence-corrected chi connectivity index (χ4v) is 2.83. The van der Waals surface area contributed by atoms with E-state index in [1.807, 2.05) is 18.7 Å². The number of benzene rings is 1. The summed E-state index contributed by atoms with van der Waals surface area (Å²) in [7, 11) is 1.95. The van der Waals surface area contributed by atoms with Gasteiger partial charge in [-0.2, -0.15) is 5.10 Å². The topological polar surface area (TPSA) is 43.8 Å². The van der Waals surface area contributed by atoms with Crippen molar-refractivity contribution in [1.29, 1.82) is 0 Å². The van der Waals surface area contributed by atoms with Crippen molar-refractivity contribution in [2.45, 2.75) is 39.2 Å². The summed E-state index contributed by atoms with van der Waals surface area (Å²) in [5.41, 5.74) is 10.6. The monoisotopic (exact) mass is 309 g/mol. The van der Waals surface area contributed by atoms with Crippen molar-refractivity contribution in [2.24, 2.45) is 12.8 Å². The maximum atomic E-state index is 13.0. The van der Waals surface area contributed by atoms with Crippen LogP contribution in [-0.4, -0.2) is 15.8 Å². The van der Waals surface area contributed by atoms with Crippen LogP contribution in [0.1, 0.15) is 28.9 Å². The summed E-state index contributed by atoms with van der Waals surface area (Å²) in [5, 5.41) is 4.85. The van der Waals surface area contributed by atoms with Gasteiger partial charge in [-0.3, -0.25) is 4.68 Å². The van der Waals surface area contributed by atoms with Crippen LogP contribution in [-0.2, 0) is 19.9 Å². The fourth-order valence-electron chi connectivity index (χ4n) is 2.58. The van der Waals surface area contributed by atoms with Gasteiger partial charge in [0, 0.05) is 23.8 Å². The van der Waals surface area contributed by atoms with E-state index in [2.05, 4.69) is 12.0 Å². The molecular weight excluding hydrogens is 289 g/mol. The number of aromatic nitrogens is 2. The van der Waals surface area contributed by atoms with Crippen molar-refractivity contribution in [3.8, 4) is 0 Å². The zero-order valence-corrected chi connectivity index (χ0v) is 13.4. The van der Waals surface area contributed by atoms with Gasteiger partial charge in [-0.05, 0) is 56.4 Å². The molecule has 2 aromatic rings. The summed E-state index contributed by atoms with van der Waals surface area (Å²) in [6.45, 7) is 4.09. The smallest absolute Gasteiger partial charge is 0.124 e. The first-order valence-electron chi connectivity index (χ1n) is 7.07. The Hall–Kier alpha value is -1.39. The lowest BCUT2D eigenvalue weighted by molar-refractivity contribution is 0.603. The van der Waals surface area contributed by atoms with Crippen LogP contribution in [0.3, 0.4) is 0 Å². The van der Waals surface area contributed by atoms with Gasteiger partial charge in [0.05, 0.1) is 5.69 Å². The average Bonchev–Trinajstić information content (AvgIpc) is 2.65. The molecule has 0 saturated heterocycles. The van der Waals surface area contributed by atoms with E-state index in [1.165, 1.54) is 23.4 Å². The van der Waals surface area contributed by atoms with Gasteiger partial charge in [0.25, 0.3) is 0 Å². The molecule has 1 heterocycles. The molecule has 1 unspecified atom stereocenters. The van der Waals surface area contributed by atoms with Gasteiger partial charge in [-0.1, -0.05) is 17.7 Å². The SMILES string of the molecule is Cc1nn(C)c(C)c1CCC(N)Cc1ccc(F)cc1Cl. The Balaban J connectivity index is 1.97. The van der Waals surface area contributed by atoms with Gasteiger partial charge in [0.15, 0.2) is 0 Å². The first kappa shape index (κ1) is 16.0. The highest BCUT2D eigenvalue weighted by Crippen LogP contribution is 2.20. The maximum Gasteiger partial charge on any atom is 0.124 e. The van der Waals surface area contributed by atoms with E-state index in [1.54, 1.807) is 6.07 Å². The van der Waals surface area contributed by atoms with Crippen molar-refractivity contribution in [3.63, 3.8) is 0 Å². The largest absolute Gasteiger partial charge is 0.327 e. The molecule has 5 heteroatoms. The quantitative estimate of drug-likeness (QED) is 0.920. The van der Waals surface area contributed by atoms with E-state index in [-0.39, 0.29) is 11.9 Å². The Bertz CT molecular complexity index is 637. The number of rotatable bonds is 5. The summed E-state index contributed by atoms with van der Waals surface area (Å²) in [6.07, 6.45) is 2.39. The number of aryl methyl sites for hydroxylation is 2. The van der Waals surface area contributed by atoms with Crippen LogP contribution in [0.2, 0.25) is 5.02 Å². The number of hydrogen-bond acceptors (Lipinski definition) is 2. The molecule has 1 atom stereocenters. The number of hydrogen-bond donors (Lipinski definition) is 1. The second-order valence-corrected chi connectivity index (χ2v) is 5.92. The standard InChI is InChI=1S/C16H21ClFN3/c1-10-15(11(2)21(3)20-10)7-6-14(19)8-12-4-5-13(18)9-16(12)17/h4-5,9,14H,6-8,19H2,1-3H3. The molecule has 0 spiro atoms. The fraction of sp³-hybridized carbons (Fsp3) is 0.438. The van der Waals surface area contributed by atoms with E-state index in [0.29, 0.717) is 11.4 Å². The molecule has 0 saturated carbocycles. The summed E-state index contributed by atoms with van der Waals surface area (Å²) in [5.74, 6) is -0.320. The summed E-state index contributed by atoms with van der Waals surface area (Å²) >= 11 is 6.04. The second kappa shape index (κ2) is 6.58. The van der Waals surface area contributed by atoms with Crippen molar-refractivity contribution < 1.29 is 4.39 Å². The van der Waals surface area contributed by atoms with E-state index >= 15 is 0 Å². The first-order chi connectivity index (χ1) is 9.88. The van der Waals surface area contributed by atoms with Crippen molar-refractivity contribution in [1.82, 2.24) is 9.78 Å². The molecule has 1 aromatic heterocycles. The molecule has 0 amide bonds. The average molecular weight is 310 g/mol. The molecular formula is C16H21ClFN3.